The number of aliphatic hydroxyl groups is 1. The predicted octanol–water partition coefficient (Wildman–Crippen LogP) is 5.12. The zero-order valence-electron chi connectivity index (χ0n) is 21.0. The zero-order chi connectivity index (χ0) is 25.8. The summed E-state index contributed by atoms with van der Waals surface area (Å²) >= 11 is 0. The summed E-state index contributed by atoms with van der Waals surface area (Å²) in [6.45, 7) is 2.45. The van der Waals surface area contributed by atoms with E-state index in [9.17, 15) is 14.3 Å². The van der Waals surface area contributed by atoms with Gasteiger partial charge < -0.3 is 24.3 Å². The molecule has 3 atom stereocenters. The van der Waals surface area contributed by atoms with Crippen LogP contribution in [0.5, 0.6) is 11.5 Å². The number of aryl methyl sites for hydroxylation is 1. The van der Waals surface area contributed by atoms with Crippen LogP contribution in [0.25, 0.3) is 0 Å². The van der Waals surface area contributed by atoms with Crippen LogP contribution in [0.1, 0.15) is 46.8 Å². The maximum atomic E-state index is 14.4. The van der Waals surface area contributed by atoms with E-state index in [1.54, 1.807) is 20.3 Å². The molecule has 1 aliphatic rings. The molecule has 1 unspecified atom stereocenters. The molecule has 7 heteroatoms. The fraction of sp³-hybridized carbons (Fsp3) is 0.414. The van der Waals surface area contributed by atoms with Crippen molar-refractivity contribution >= 4 is 5.97 Å². The van der Waals surface area contributed by atoms with Crippen LogP contribution in [-0.4, -0.2) is 35.0 Å². The Labute approximate surface area is 211 Å². The van der Waals surface area contributed by atoms with Crippen molar-refractivity contribution in [3.05, 3.63) is 82.4 Å². The Morgan fingerprint density at radius 2 is 1.89 bits per heavy atom. The number of carboxylic acid groups (broad SMARTS) is 1. The van der Waals surface area contributed by atoms with Gasteiger partial charge in [0, 0.05) is 36.8 Å². The third kappa shape index (κ3) is 5.73. The number of aliphatic hydroxyl groups excluding tert-OH is 1. The third-order valence-electron chi connectivity index (χ3n) is 7.30. The van der Waals surface area contributed by atoms with E-state index in [-0.39, 0.29) is 24.1 Å². The molecule has 0 aliphatic heterocycles. The molecule has 0 saturated carbocycles. The van der Waals surface area contributed by atoms with Crippen molar-refractivity contribution in [1.82, 2.24) is 4.57 Å². The van der Waals surface area contributed by atoms with Gasteiger partial charge >= 0.3 is 5.97 Å². The number of carbonyl (C=O) groups is 1. The largest absolute Gasteiger partial charge is 0.496 e. The normalized spacial score (nSPS) is 16.4. The molecule has 2 N–H and O–H groups in total. The Balaban J connectivity index is 1.59. The lowest BCUT2D eigenvalue weighted by molar-refractivity contribution is -0.136. The summed E-state index contributed by atoms with van der Waals surface area (Å²) in [6.07, 6.45) is 5.75. The highest BCUT2D eigenvalue weighted by Gasteiger charge is 2.31. The van der Waals surface area contributed by atoms with Crippen molar-refractivity contribution in [3.8, 4) is 11.5 Å². The van der Waals surface area contributed by atoms with E-state index in [1.165, 1.54) is 6.07 Å². The molecule has 0 radical (unpaired) electrons. The van der Waals surface area contributed by atoms with E-state index in [4.69, 9.17) is 14.6 Å². The van der Waals surface area contributed by atoms with E-state index >= 15 is 0 Å². The number of rotatable bonds is 11. The van der Waals surface area contributed by atoms with Gasteiger partial charge in [-0.15, -0.1) is 0 Å². The predicted molar refractivity (Wildman–Crippen MR) is 135 cm³/mol. The quantitative estimate of drug-likeness (QED) is 0.386. The molecule has 1 heterocycles. The highest BCUT2D eigenvalue weighted by atomic mass is 19.1. The van der Waals surface area contributed by atoms with Crippen molar-refractivity contribution in [3.63, 3.8) is 0 Å². The second kappa shape index (κ2) is 11.2. The third-order valence-corrected chi connectivity index (χ3v) is 7.30. The first kappa shape index (κ1) is 25.8. The second-order valence-corrected chi connectivity index (χ2v) is 9.75. The lowest BCUT2D eigenvalue weighted by Crippen LogP contribution is -2.22. The van der Waals surface area contributed by atoms with Gasteiger partial charge in [0.1, 0.15) is 17.3 Å². The number of aliphatic carboxylic acids is 1. The van der Waals surface area contributed by atoms with Crippen molar-refractivity contribution in [2.24, 2.45) is 11.8 Å². The molecule has 0 amide bonds. The van der Waals surface area contributed by atoms with Crippen LogP contribution < -0.4 is 9.47 Å². The molecule has 36 heavy (non-hydrogen) atoms. The highest BCUT2D eigenvalue weighted by molar-refractivity contribution is 5.67. The Hall–Kier alpha value is -3.32. The van der Waals surface area contributed by atoms with Gasteiger partial charge in [0.05, 0.1) is 20.3 Å². The van der Waals surface area contributed by atoms with E-state index in [0.29, 0.717) is 42.9 Å². The standard InChI is InChI=1S/C29H34FNO5/c1-18-26(35-2)14-22(15-27(18)36-3)29(34)23(17-31-10-9-19(16-31)7-8-28(32)33)12-20-11-21-5-4-6-25(30)24(21)13-20/h4-6,9-10,14-16,20,23,29,34H,7-8,11-13,17H2,1-3H3,(H,32,33)/t20?,23-,29-/m1/s1. The number of carboxylic acids is 1. The molecule has 0 spiro atoms. The second-order valence-electron chi connectivity index (χ2n) is 9.75. The van der Waals surface area contributed by atoms with Crippen molar-refractivity contribution in [1.29, 1.82) is 0 Å². The van der Waals surface area contributed by atoms with Gasteiger partial charge in [-0.1, -0.05) is 12.1 Å². The lowest BCUT2D eigenvalue weighted by atomic mass is 9.85. The van der Waals surface area contributed by atoms with Crippen molar-refractivity contribution < 1.29 is 28.9 Å². The van der Waals surface area contributed by atoms with Gasteiger partial charge in [-0.3, -0.25) is 4.79 Å². The van der Waals surface area contributed by atoms with Crippen LogP contribution in [0.4, 0.5) is 4.39 Å². The maximum Gasteiger partial charge on any atom is 0.303 e. The summed E-state index contributed by atoms with van der Waals surface area (Å²) < 4.78 is 27.5. The average molecular weight is 496 g/mol. The molecular weight excluding hydrogens is 461 g/mol. The summed E-state index contributed by atoms with van der Waals surface area (Å²) in [5.74, 6) is 0.362. The Bertz CT molecular complexity index is 1200. The molecule has 4 rings (SSSR count). The van der Waals surface area contributed by atoms with Crippen LogP contribution in [0, 0.1) is 24.6 Å². The summed E-state index contributed by atoms with van der Waals surface area (Å²) in [5, 5.41) is 20.6. The number of hydrogen-bond donors (Lipinski definition) is 2. The van der Waals surface area contributed by atoms with Gasteiger partial charge in [0.2, 0.25) is 0 Å². The van der Waals surface area contributed by atoms with Crippen molar-refractivity contribution in [2.75, 3.05) is 14.2 Å². The van der Waals surface area contributed by atoms with E-state index in [2.05, 4.69) is 0 Å². The van der Waals surface area contributed by atoms with Gasteiger partial charge in [0.15, 0.2) is 0 Å². The number of nitrogens with zero attached hydrogens (tertiary/aromatic N) is 1. The van der Waals surface area contributed by atoms with E-state index in [0.717, 1.165) is 28.7 Å². The molecule has 6 nitrogen and oxygen atoms in total. The van der Waals surface area contributed by atoms with Crippen LogP contribution in [0.2, 0.25) is 0 Å². The first-order chi connectivity index (χ1) is 17.3. The van der Waals surface area contributed by atoms with Gasteiger partial charge in [-0.05, 0) is 85.0 Å². The molecule has 0 fully saturated rings. The monoisotopic (exact) mass is 495 g/mol. The number of fused-ring (bicyclic) bond motifs is 1. The summed E-state index contributed by atoms with van der Waals surface area (Å²) in [5.41, 5.74) is 4.34. The Kier molecular flexibility index (Phi) is 7.99. The van der Waals surface area contributed by atoms with Gasteiger partial charge in [-0.25, -0.2) is 4.39 Å². The molecule has 1 aliphatic carbocycles. The van der Waals surface area contributed by atoms with E-state index < -0.39 is 12.1 Å². The Morgan fingerprint density at radius 3 is 2.53 bits per heavy atom. The minimum absolute atomic E-state index is 0.0743. The number of aromatic nitrogens is 1. The summed E-state index contributed by atoms with van der Waals surface area (Å²) in [4.78, 5) is 11.0. The smallest absolute Gasteiger partial charge is 0.303 e. The summed E-state index contributed by atoms with van der Waals surface area (Å²) in [6, 6.07) is 10.9. The Morgan fingerprint density at radius 1 is 1.17 bits per heavy atom. The molecule has 3 aromatic rings. The van der Waals surface area contributed by atoms with Gasteiger partial charge in [0.25, 0.3) is 0 Å². The zero-order valence-corrected chi connectivity index (χ0v) is 21.0. The first-order valence-corrected chi connectivity index (χ1v) is 12.3. The molecular formula is C29H34FNO5. The number of benzene rings is 2. The van der Waals surface area contributed by atoms with Gasteiger partial charge in [-0.2, -0.15) is 0 Å². The molecule has 0 bridgehead atoms. The topological polar surface area (TPSA) is 80.9 Å². The fourth-order valence-corrected chi connectivity index (χ4v) is 5.42. The van der Waals surface area contributed by atoms with Crippen LogP contribution in [0.3, 0.4) is 0 Å². The maximum absolute atomic E-state index is 14.4. The number of hydrogen-bond acceptors (Lipinski definition) is 4. The molecule has 192 valence electrons. The summed E-state index contributed by atoms with van der Waals surface area (Å²) in [7, 11) is 3.19. The van der Waals surface area contributed by atoms with Crippen LogP contribution in [-0.2, 0) is 30.6 Å². The van der Waals surface area contributed by atoms with Crippen LogP contribution >= 0.6 is 0 Å². The number of ether oxygens (including phenoxy) is 2. The molecule has 1 aromatic heterocycles. The first-order valence-electron chi connectivity index (χ1n) is 12.3. The lowest BCUT2D eigenvalue weighted by Gasteiger charge is -2.27. The van der Waals surface area contributed by atoms with E-state index in [1.807, 2.05) is 48.1 Å². The SMILES string of the molecule is COc1cc([C@@H](O)[C@H](CC2Cc3cccc(F)c3C2)Cn2ccc(CCC(=O)O)c2)cc(OC)c1C. The minimum Gasteiger partial charge on any atom is -0.496 e. The van der Waals surface area contributed by atoms with Crippen LogP contribution in [0.15, 0.2) is 48.8 Å². The number of methoxy groups -OCH3 is 2. The average Bonchev–Trinajstić information content (AvgIpc) is 3.49. The minimum atomic E-state index is -0.827. The number of halogens is 1. The fourth-order valence-electron chi connectivity index (χ4n) is 5.42. The molecule has 0 saturated heterocycles. The molecule has 2 aromatic carbocycles. The van der Waals surface area contributed by atoms with Crippen molar-refractivity contribution in [2.45, 2.75) is 51.7 Å². The highest BCUT2D eigenvalue weighted by Crippen LogP contribution is 2.39.